The molecule has 2 saturated heterocycles. The van der Waals surface area contributed by atoms with Crippen LogP contribution in [0.3, 0.4) is 0 Å². The molecular weight excluding hydrogens is 390 g/mol. The molecule has 9 heteroatoms. The maximum absolute atomic E-state index is 12.2. The van der Waals surface area contributed by atoms with E-state index in [2.05, 4.69) is 10.2 Å². The highest BCUT2D eigenvalue weighted by Crippen LogP contribution is 2.18. The number of halogens is 1. The van der Waals surface area contributed by atoms with Gasteiger partial charge in [0.15, 0.2) is 22.2 Å². The van der Waals surface area contributed by atoms with Crippen LogP contribution in [0.4, 0.5) is 5.69 Å². The number of Topliss-reactive ketones (excluding diaryl/α,β-unsaturated/α-hetero) is 1. The third-order valence-corrected chi connectivity index (χ3v) is 7.53. The lowest BCUT2D eigenvalue weighted by molar-refractivity contribution is -0.892. The fraction of sp³-hybridized carbons (Fsp3) is 0.556. The first kappa shape index (κ1) is 20.1. The number of quaternary nitrogens is 1. The van der Waals surface area contributed by atoms with Gasteiger partial charge in [0.2, 0.25) is 0 Å². The minimum atomic E-state index is -3.15. The van der Waals surface area contributed by atoms with Crippen LogP contribution in [0.5, 0.6) is 0 Å². The number of sulfone groups is 1. The van der Waals surface area contributed by atoms with Crippen LogP contribution in [0.25, 0.3) is 0 Å². The van der Waals surface area contributed by atoms with E-state index in [4.69, 9.17) is 11.6 Å². The van der Waals surface area contributed by atoms with Crippen molar-refractivity contribution in [3.63, 3.8) is 0 Å². The van der Waals surface area contributed by atoms with Crippen molar-refractivity contribution in [1.82, 2.24) is 5.32 Å². The lowest BCUT2D eigenvalue weighted by Gasteiger charge is -2.33. The van der Waals surface area contributed by atoms with E-state index in [1.807, 2.05) is 24.3 Å². The van der Waals surface area contributed by atoms with Crippen LogP contribution in [-0.2, 0) is 14.6 Å². The number of benzene rings is 1. The van der Waals surface area contributed by atoms with Crippen molar-refractivity contribution in [2.75, 3.05) is 49.1 Å². The van der Waals surface area contributed by atoms with Crippen LogP contribution >= 0.6 is 11.6 Å². The van der Waals surface area contributed by atoms with Crippen molar-refractivity contribution >= 4 is 38.8 Å². The van der Waals surface area contributed by atoms with Gasteiger partial charge in [-0.25, -0.2) is 8.42 Å². The Labute approximate surface area is 164 Å². The Bertz CT molecular complexity index is 804. The van der Waals surface area contributed by atoms with Gasteiger partial charge in [-0.05, 0) is 31.2 Å². The molecule has 0 unspecified atom stereocenters. The molecule has 0 spiro atoms. The first-order valence-corrected chi connectivity index (χ1v) is 11.3. The summed E-state index contributed by atoms with van der Waals surface area (Å²) in [6.45, 7) is 5.13. The smallest absolute Gasteiger partial charge is 0.275 e. The van der Waals surface area contributed by atoms with Gasteiger partial charge in [-0.3, -0.25) is 9.59 Å². The second-order valence-electron chi connectivity index (χ2n) is 7.28. The standard InChI is InChI=1S/C18H24ClN3O4S/c1-13(23)14-2-4-15(5-3-14)22-8-6-21(7-9-22)10-18(24)20-17-12-27(25,26)11-16(17)19/h2-5,16-17H,6-12H2,1H3,(H,20,24)/p+1/t16-,17+/m1/s1. The number of ketones is 1. The molecule has 148 valence electrons. The molecule has 0 aliphatic carbocycles. The molecule has 1 amide bonds. The van der Waals surface area contributed by atoms with Gasteiger partial charge in [-0.15, -0.1) is 11.6 Å². The second kappa shape index (κ2) is 8.16. The van der Waals surface area contributed by atoms with Crippen molar-refractivity contribution in [3.8, 4) is 0 Å². The van der Waals surface area contributed by atoms with Crippen molar-refractivity contribution in [2.45, 2.75) is 18.3 Å². The van der Waals surface area contributed by atoms with Crippen LogP contribution in [0, 0.1) is 0 Å². The highest BCUT2D eigenvalue weighted by Gasteiger charge is 2.37. The van der Waals surface area contributed by atoms with Crippen molar-refractivity contribution in [2.24, 2.45) is 0 Å². The van der Waals surface area contributed by atoms with Gasteiger partial charge in [-0.1, -0.05) is 0 Å². The predicted octanol–water partition coefficient (Wildman–Crippen LogP) is -0.885. The molecule has 27 heavy (non-hydrogen) atoms. The summed E-state index contributed by atoms with van der Waals surface area (Å²) >= 11 is 6.04. The normalized spacial score (nSPS) is 25.3. The van der Waals surface area contributed by atoms with E-state index >= 15 is 0 Å². The number of anilines is 1. The first-order chi connectivity index (χ1) is 12.7. The zero-order valence-electron chi connectivity index (χ0n) is 15.3. The Morgan fingerprint density at radius 1 is 1.19 bits per heavy atom. The first-order valence-electron chi connectivity index (χ1n) is 9.07. The van der Waals surface area contributed by atoms with E-state index in [9.17, 15) is 18.0 Å². The highest BCUT2D eigenvalue weighted by atomic mass is 35.5. The van der Waals surface area contributed by atoms with E-state index in [0.717, 1.165) is 36.8 Å². The van der Waals surface area contributed by atoms with Gasteiger partial charge in [-0.2, -0.15) is 0 Å². The number of carbonyl (C=O) groups excluding carboxylic acids is 2. The Morgan fingerprint density at radius 2 is 1.81 bits per heavy atom. The maximum Gasteiger partial charge on any atom is 0.275 e. The summed E-state index contributed by atoms with van der Waals surface area (Å²) in [6, 6.07) is 7.08. The molecule has 2 aliphatic rings. The zero-order chi connectivity index (χ0) is 19.6. The molecule has 0 radical (unpaired) electrons. The summed E-state index contributed by atoms with van der Waals surface area (Å²) in [7, 11) is -3.15. The minimum Gasteiger partial charge on any atom is -0.360 e. The van der Waals surface area contributed by atoms with E-state index in [-0.39, 0.29) is 23.2 Å². The number of nitrogens with one attached hydrogen (secondary N) is 2. The van der Waals surface area contributed by atoms with E-state index in [0.29, 0.717) is 12.1 Å². The minimum absolute atomic E-state index is 0.0519. The Morgan fingerprint density at radius 3 is 2.33 bits per heavy atom. The molecule has 0 aromatic heterocycles. The molecular formula is C18H25ClN3O4S+. The lowest BCUT2D eigenvalue weighted by Crippen LogP contribution is -3.16. The molecule has 2 atom stereocenters. The fourth-order valence-corrected chi connectivity index (χ4v) is 6.14. The molecule has 2 N–H and O–H groups in total. The van der Waals surface area contributed by atoms with Gasteiger partial charge in [0.25, 0.3) is 5.91 Å². The van der Waals surface area contributed by atoms with Crippen LogP contribution in [-0.4, -0.2) is 75.8 Å². The zero-order valence-corrected chi connectivity index (χ0v) is 16.9. The van der Waals surface area contributed by atoms with Crippen molar-refractivity contribution in [3.05, 3.63) is 29.8 Å². The number of carbonyl (C=O) groups is 2. The Hall–Kier alpha value is -1.64. The summed E-state index contributed by atoms with van der Waals surface area (Å²) in [4.78, 5) is 27.0. The van der Waals surface area contributed by atoms with E-state index in [1.54, 1.807) is 6.92 Å². The number of nitrogens with zero attached hydrogens (tertiary/aromatic N) is 1. The summed E-state index contributed by atoms with van der Waals surface area (Å²) in [5, 5.41) is 2.22. The largest absolute Gasteiger partial charge is 0.360 e. The van der Waals surface area contributed by atoms with Crippen molar-refractivity contribution < 1.29 is 22.9 Å². The van der Waals surface area contributed by atoms with Crippen LogP contribution in [0.15, 0.2) is 24.3 Å². The Kier molecular flexibility index (Phi) is 6.08. The number of hydrogen-bond donors (Lipinski definition) is 2. The molecule has 1 aromatic carbocycles. The average molecular weight is 415 g/mol. The number of piperazine rings is 1. The molecule has 2 heterocycles. The molecule has 3 rings (SSSR count). The average Bonchev–Trinajstić information content (AvgIpc) is 2.87. The number of alkyl halides is 1. The fourth-order valence-electron chi connectivity index (χ4n) is 3.59. The van der Waals surface area contributed by atoms with Gasteiger partial charge in [0, 0.05) is 11.3 Å². The van der Waals surface area contributed by atoms with Crippen molar-refractivity contribution in [1.29, 1.82) is 0 Å². The van der Waals surface area contributed by atoms with Crippen LogP contribution in [0.2, 0.25) is 0 Å². The van der Waals surface area contributed by atoms with Crippen LogP contribution < -0.4 is 15.1 Å². The van der Waals surface area contributed by atoms with Crippen LogP contribution in [0.1, 0.15) is 17.3 Å². The molecule has 7 nitrogen and oxygen atoms in total. The number of rotatable bonds is 5. The molecule has 1 aromatic rings. The summed E-state index contributed by atoms with van der Waals surface area (Å²) < 4.78 is 23.2. The Balaban J connectivity index is 1.46. The SMILES string of the molecule is CC(=O)c1ccc(N2CC[NH+](CC(=O)N[C@H]3CS(=O)(=O)C[C@H]3Cl)CC2)cc1. The maximum atomic E-state index is 12.2. The topological polar surface area (TPSA) is 88.0 Å². The second-order valence-corrected chi connectivity index (χ2v) is 10.00. The lowest BCUT2D eigenvalue weighted by atomic mass is 10.1. The summed E-state index contributed by atoms with van der Waals surface area (Å²) in [6.07, 6.45) is 0. The molecule has 2 fully saturated rings. The van der Waals surface area contributed by atoms with Gasteiger partial charge in [0.1, 0.15) is 0 Å². The van der Waals surface area contributed by atoms with Gasteiger partial charge >= 0.3 is 0 Å². The quantitative estimate of drug-likeness (QED) is 0.482. The van der Waals surface area contributed by atoms with E-state index < -0.39 is 21.3 Å². The third-order valence-electron chi connectivity index (χ3n) is 5.15. The highest BCUT2D eigenvalue weighted by molar-refractivity contribution is 7.91. The summed E-state index contributed by atoms with van der Waals surface area (Å²) in [5.41, 5.74) is 1.77. The van der Waals surface area contributed by atoms with Gasteiger partial charge < -0.3 is 15.1 Å². The predicted molar refractivity (Wildman–Crippen MR) is 104 cm³/mol. The third kappa shape index (κ3) is 5.21. The number of hydrogen-bond acceptors (Lipinski definition) is 5. The van der Waals surface area contributed by atoms with Gasteiger partial charge in [0.05, 0.1) is 49.1 Å². The number of amides is 1. The summed E-state index contributed by atoms with van der Waals surface area (Å²) in [5.74, 6) is -0.257. The molecule has 0 saturated carbocycles. The van der Waals surface area contributed by atoms with E-state index in [1.165, 1.54) is 0 Å². The molecule has 0 bridgehead atoms. The monoisotopic (exact) mass is 414 g/mol. The molecule has 2 aliphatic heterocycles.